The van der Waals surface area contributed by atoms with Crippen molar-refractivity contribution in [3.05, 3.63) is 23.0 Å². The summed E-state index contributed by atoms with van der Waals surface area (Å²) < 4.78 is 46.6. The van der Waals surface area contributed by atoms with Gasteiger partial charge in [0, 0.05) is 12.8 Å². The Kier molecular flexibility index (Phi) is 35.3. The third kappa shape index (κ3) is 25.2. The Balaban J connectivity index is 7.18. The molecule has 0 saturated heterocycles. The standard InChI is InChI=1S/C42H82O7/c1-9-17-25-29-37(43-31-21-13-5)39(45-33-23-15-7)41(47-35-27-19-11-3)49-42(48-36-28-20-12-4)40(46-34-24-16-8)38(30-26-18-10-2)44-32-22-14-6/h41-42H,9-36H2,1-8H3. The van der Waals surface area contributed by atoms with E-state index in [4.69, 9.17) is 33.2 Å². The molecule has 292 valence electrons. The minimum Gasteiger partial charge on any atom is -0.494 e. The molecule has 2 unspecified atom stereocenters. The maximum atomic E-state index is 7.01. The Morgan fingerprint density at radius 3 is 0.959 bits per heavy atom. The molecule has 0 amide bonds. The van der Waals surface area contributed by atoms with Crippen molar-refractivity contribution in [2.45, 2.75) is 209 Å². The van der Waals surface area contributed by atoms with E-state index in [1.807, 2.05) is 0 Å². The molecule has 0 aliphatic heterocycles. The van der Waals surface area contributed by atoms with Crippen molar-refractivity contribution in [2.24, 2.45) is 0 Å². The lowest BCUT2D eigenvalue weighted by atomic mass is 10.1. The van der Waals surface area contributed by atoms with Crippen LogP contribution >= 0.6 is 0 Å². The summed E-state index contributed by atoms with van der Waals surface area (Å²) in [6, 6.07) is 0. The van der Waals surface area contributed by atoms with Gasteiger partial charge in [-0.2, -0.15) is 0 Å². The molecule has 0 N–H and O–H groups in total. The average Bonchev–Trinajstić information content (AvgIpc) is 3.10. The first-order chi connectivity index (χ1) is 24.1. The van der Waals surface area contributed by atoms with Crippen LogP contribution in [-0.4, -0.2) is 52.2 Å². The van der Waals surface area contributed by atoms with E-state index < -0.39 is 12.6 Å². The molecule has 2 atom stereocenters. The predicted octanol–water partition coefficient (Wildman–Crippen LogP) is 12.9. The number of hydrogen-bond acceptors (Lipinski definition) is 7. The van der Waals surface area contributed by atoms with Gasteiger partial charge >= 0.3 is 0 Å². The fourth-order valence-corrected chi connectivity index (χ4v) is 5.05. The van der Waals surface area contributed by atoms with Crippen LogP contribution in [0.25, 0.3) is 0 Å². The van der Waals surface area contributed by atoms with E-state index in [2.05, 4.69) is 55.4 Å². The summed E-state index contributed by atoms with van der Waals surface area (Å²) in [5, 5.41) is 0. The monoisotopic (exact) mass is 699 g/mol. The first-order valence-electron chi connectivity index (χ1n) is 20.9. The van der Waals surface area contributed by atoms with Crippen molar-refractivity contribution in [2.75, 3.05) is 39.6 Å². The number of allylic oxidation sites excluding steroid dienone is 2. The van der Waals surface area contributed by atoms with Crippen LogP contribution in [-0.2, 0) is 33.2 Å². The van der Waals surface area contributed by atoms with Crippen LogP contribution in [0.3, 0.4) is 0 Å². The maximum absolute atomic E-state index is 7.01. The molecule has 0 aromatic rings. The van der Waals surface area contributed by atoms with E-state index in [0.717, 1.165) is 153 Å². The number of hydrogen-bond donors (Lipinski definition) is 0. The maximum Gasteiger partial charge on any atom is 0.223 e. The van der Waals surface area contributed by atoms with Crippen molar-refractivity contribution in [1.82, 2.24) is 0 Å². The molecular weight excluding hydrogens is 616 g/mol. The zero-order chi connectivity index (χ0) is 36.2. The first kappa shape index (κ1) is 47.6. The zero-order valence-corrected chi connectivity index (χ0v) is 33.8. The van der Waals surface area contributed by atoms with Crippen LogP contribution in [0.4, 0.5) is 0 Å². The summed E-state index contributed by atoms with van der Waals surface area (Å²) in [7, 11) is 0. The lowest BCUT2D eigenvalue weighted by Gasteiger charge is -2.30. The summed E-state index contributed by atoms with van der Waals surface area (Å²) in [6.45, 7) is 21.2. The summed E-state index contributed by atoms with van der Waals surface area (Å²) in [5.41, 5.74) is 0. The second-order valence-corrected chi connectivity index (χ2v) is 13.3. The van der Waals surface area contributed by atoms with Gasteiger partial charge in [-0.15, -0.1) is 0 Å². The molecule has 0 heterocycles. The van der Waals surface area contributed by atoms with Crippen molar-refractivity contribution >= 4 is 0 Å². The molecule has 49 heavy (non-hydrogen) atoms. The van der Waals surface area contributed by atoms with Gasteiger partial charge < -0.3 is 33.2 Å². The van der Waals surface area contributed by atoms with Crippen LogP contribution in [0.5, 0.6) is 0 Å². The van der Waals surface area contributed by atoms with Crippen molar-refractivity contribution in [3.63, 3.8) is 0 Å². The molecule has 0 bridgehead atoms. The van der Waals surface area contributed by atoms with E-state index in [0.29, 0.717) is 51.2 Å². The Morgan fingerprint density at radius 1 is 0.327 bits per heavy atom. The molecular formula is C42H82O7. The van der Waals surface area contributed by atoms with Crippen LogP contribution in [0.2, 0.25) is 0 Å². The second-order valence-electron chi connectivity index (χ2n) is 13.3. The van der Waals surface area contributed by atoms with Gasteiger partial charge in [-0.3, -0.25) is 0 Å². The fraction of sp³-hybridized carbons (Fsp3) is 0.905. The summed E-state index contributed by atoms with van der Waals surface area (Å²) in [5.74, 6) is 3.02. The Morgan fingerprint density at radius 2 is 0.633 bits per heavy atom. The van der Waals surface area contributed by atoms with E-state index in [-0.39, 0.29) is 0 Å². The highest BCUT2D eigenvalue weighted by molar-refractivity contribution is 5.09. The highest BCUT2D eigenvalue weighted by atomic mass is 16.8. The zero-order valence-electron chi connectivity index (χ0n) is 33.8. The van der Waals surface area contributed by atoms with E-state index in [1.54, 1.807) is 0 Å². The molecule has 0 aliphatic carbocycles. The highest BCUT2D eigenvalue weighted by Gasteiger charge is 2.32. The first-order valence-corrected chi connectivity index (χ1v) is 20.9. The van der Waals surface area contributed by atoms with Gasteiger partial charge in [0.1, 0.15) is 11.5 Å². The van der Waals surface area contributed by atoms with Gasteiger partial charge in [-0.25, -0.2) is 0 Å². The number of rotatable bonds is 38. The molecule has 0 rings (SSSR count). The topological polar surface area (TPSA) is 64.6 Å². The van der Waals surface area contributed by atoms with Crippen molar-refractivity contribution in [3.8, 4) is 0 Å². The SMILES string of the molecule is CCCCCOC(OC(OCCCCC)C(OCCCC)=C(CCCCC)OCCCC)C(OCCCC)=C(CCCCC)OCCCC. The highest BCUT2D eigenvalue weighted by Crippen LogP contribution is 2.29. The van der Waals surface area contributed by atoms with Gasteiger partial charge in [-0.1, -0.05) is 132 Å². The molecule has 0 aromatic heterocycles. The Bertz CT molecular complexity index is 680. The second kappa shape index (κ2) is 36.4. The lowest BCUT2D eigenvalue weighted by Crippen LogP contribution is -2.34. The molecule has 0 aromatic carbocycles. The third-order valence-corrected chi connectivity index (χ3v) is 8.33. The molecule has 0 spiro atoms. The van der Waals surface area contributed by atoms with E-state index >= 15 is 0 Å². The molecule has 0 radical (unpaired) electrons. The van der Waals surface area contributed by atoms with Crippen molar-refractivity contribution < 1.29 is 33.2 Å². The Hall–Kier alpha value is -1.44. The normalized spacial score (nSPS) is 13.9. The summed E-state index contributed by atoms with van der Waals surface area (Å²) in [4.78, 5) is 0. The van der Waals surface area contributed by atoms with Gasteiger partial charge in [0.15, 0.2) is 11.5 Å². The summed E-state index contributed by atoms with van der Waals surface area (Å²) in [6.07, 6.45) is 20.9. The quantitative estimate of drug-likeness (QED) is 0.0361. The predicted molar refractivity (Wildman–Crippen MR) is 205 cm³/mol. The smallest absolute Gasteiger partial charge is 0.223 e. The van der Waals surface area contributed by atoms with Gasteiger partial charge in [-0.05, 0) is 51.4 Å². The van der Waals surface area contributed by atoms with Crippen LogP contribution in [0.1, 0.15) is 197 Å². The van der Waals surface area contributed by atoms with Crippen LogP contribution in [0.15, 0.2) is 23.0 Å². The third-order valence-electron chi connectivity index (χ3n) is 8.33. The number of ether oxygens (including phenoxy) is 7. The van der Waals surface area contributed by atoms with E-state index in [1.165, 1.54) is 0 Å². The van der Waals surface area contributed by atoms with Crippen LogP contribution < -0.4 is 0 Å². The fourth-order valence-electron chi connectivity index (χ4n) is 5.05. The largest absolute Gasteiger partial charge is 0.494 e. The summed E-state index contributed by atoms with van der Waals surface area (Å²) >= 11 is 0. The van der Waals surface area contributed by atoms with Gasteiger partial charge in [0.25, 0.3) is 0 Å². The minimum absolute atomic E-state index is 0.561. The minimum atomic E-state index is -0.791. The van der Waals surface area contributed by atoms with Crippen molar-refractivity contribution in [1.29, 1.82) is 0 Å². The molecule has 0 saturated carbocycles. The van der Waals surface area contributed by atoms with Gasteiger partial charge in [0.05, 0.1) is 39.6 Å². The van der Waals surface area contributed by atoms with E-state index in [9.17, 15) is 0 Å². The lowest BCUT2D eigenvalue weighted by molar-refractivity contribution is -0.243. The number of unbranched alkanes of at least 4 members (excludes halogenated alkanes) is 12. The average molecular weight is 699 g/mol. The van der Waals surface area contributed by atoms with Gasteiger partial charge in [0.2, 0.25) is 12.6 Å². The Labute approximate surface area is 304 Å². The molecule has 0 aliphatic rings. The van der Waals surface area contributed by atoms with Crippen LogP contribution in [0, 0.1) is 0 Å². The molecule has 7 nitrogen and oxygen atoms in total. The molecule has 7 heteroatoms. The molecule has 0 fully saturated rings.